The Morgan fingerprint density at radius 1 is 1.62 bits per heavy atom. The Morgan fingerprint density at radius 2 is 2.38 bits per heavy atom. The van der Waals surface area contributed by atoms with Gasteiger partial charge in [-0.05, 0) is 30.4 Å². The summed E-state index contributed by atoms with van der Waals surface area (Å²) in [5, 5.41) is 17.7. The molecule has 0 spiro atoms. The number of hydrogen-bond donors (Lipinski definition) is 1. The maximum atomic E-state index is 8.99. The van der Waals surface area contributed by atoms with E-state index in [0.29, 0.717) is 17.2 Å². The van der Waals surface area contributed by atoms with Crippen LogP contribution in [0.1, 0.15) is 35.6 Å². The van der Waals surface area contributed by atoms with Crippen molar-refractivity contribution in [2.75, 3.05) is 0 Å². The second-order valence-electron chi connectivity index (χ2n) is 3.32. The predicted octanol–water partition coefficient (Wildman–Crippen LogP) is 1.32. The zero-order valence-corrected chi connectivity index (χ0v) is 7.20. The molecule has 1 saturated carbocycles. The first-order valence-electron chi connectivity index (χ1n) is 4.35. The Balaban J connectivity index is 2.38. The highest BCUT2D eigenvalue weighted by Gasteiger charge is 2.24. The van der Waals surface area contributed by atoms with Crippen molar-refractivity contribution in [1.82, 2.24) is 4.98 Å². The first kappa shape index (κ1) is 8.21. The summed E-state index contributed by atoms with van der Waals surface area (Å²) in [6, 6.07) is 3.85. The van der Waals surface area contributed by atoms with Crippen LogP contribution in [-0.4, -0.2) is 10.1 Å². The maximum absolute atomic E-state index is 8.99. The summed E-state index contributed by atoms with van der Waals surface area (Å²) in [5.74, 6) is 0.616. The lowest BCUT2D eigenvalue weighted by Gasteiger charge is -2.02. The van der Waals surface area contributed by atoms with Gasteiger partial charge in [-0.3, -0.25) is 0 Å². The molecule has 0 aromatic carbocycles. The van der Waals surface area contributed by atoms with Gasteiger partial charge in [0, 0.05) is 11.8 Å². The minimum absolute atomic E-state index is 0.101. The Bertz CT molecular complexity index is 364. The smallest absolute Gasteiger partial charge is 0.145 e. The Hall–Kier alpha value is -1.40. The van der Waals surface area contributed by atoms with E-state index in [0.717, 1.165) is 5.56 Å². The molecule has 1 aromatic heterocycles. The molecule has 3 heteroatoms. The van der Waals surface area contributed by atoms with Gasteiger partial charge in [-0.1, -0.05) is 0 Å². The highest BCUT2D eigenvalue weighted by Crippen LogP contribution is 2.40. The third-order valence-electron chi connectivity index (χ3n) is 2.31. The van der Waals surface area contributed by atoms with E-state index in [2.05, 4.69) is 4.98 Å². The van der Waals surface area contributed by atoms with Crippen LogP contribution in [0.2, 0.25) is 0 Å². The average Bonchev–Trinajstić information content (AvgIpc) is 3.00. The van der Waals surface area contributed by atoms with Crippen molar-refractivity contribution in [3.05, 3.63) is 29.1 Å². The summed E-state index contributed by atoms with van der Waals surface area (Å²) in [6.45, 7) is -0.101. The van der Waals surface area contributed by atoms with Crippen LogP contribution in [-0.2, 0) is 6.61 Å². The molecule has 1 aliphatic rings. The van der Waals surface area contributed by atoms with Crippen molar-refractivity contribution in [3.63, 3.8) is 0 Å². The third kappa shape index (κ3) is 1.53. The highest BCUT2D eigenvalue weighted by atomic mass is 16.3. The molecule has 0 bridgehead atoms. The van der Waals surface area contributed by atoms with E-state index < -0.39 is 0 Å². The first-order valence-corrected chi connectivity index (χ1v) is 4.35. The van der Waals surface area contributed by atoms with Gasteiger partial charge >= 0.3 is 0 Å². The Morgan fingerprint density at radius 3 is 2.92 bits per heavy atom. The molecule has 66 valence electrons. The minimum atomic E-state index is -0.101. The van der Waals surface area contributed by atoms with Crippen LogP contribution >= 0.6 is 0 Å². The number of rotatable bonds is 2. The fraction of sp³-hybridized carbons (Fsp3) is 0.400. The largest absolute Gasteiger partial charge is 0.392 e. The van der Waals surface area contributed by atoms with Crippen molar-refractivity contribution in [3.8, 4) is 6.07 Å². The van der Waals surface area contributed by atoms with Crippen LogP contribution in [0.25, 0.3) is 0 Å². The van der Waals surface area contributed by atoms with Crippen LogP contribution < -0.4 is 0 Å². The summed E-state index contributed by atoms with van der Waals surface area (Å²) in [6.07, 6.45) is 4.16. The molecule has 0 atom stereocenters. The van der Waals surface area contributed by atoms with Crippen molar-refractivity contribution >= 4 is 0 Å². The van der Waals surface area contributed by atoms with E-state index in [1.54, 1.807) is 6.20 Å². The van der Waals surface area contributed by atoms with Gasteiger partial charge in [-0.2, -0.15) is 5.26 Å². The summed E-state index contributed by atoms with van der Waals surface area (Å²) >= 11 is 0. The maximum Gasteiger partial charge on any atom is 0.145 e. The van der Waals surface area contributed by atoms with Gasteiger partial charge in [0.1, 0.15) is 11.8 Å². The molecule has 0 saturated heterocycles. The van der Waals surface area contributed by atoms with E-state index in [1.807, 2.05) is 12.1 Å². The molecular weight excluding hydrogens is 164 g/mol. The minimum Gasteiger partial charge on any atom is -0.392 e. The monoisotopic (exact) mass is 174 g/mol. The van der Waals surface area contributed by atoms with E-state index in [-0.39, 0.29) is 6.61 Å². The SMILES string of the molecule is N#Cc1ncc(C2CC2)cc1CO. The second kappa shape index (κ2) is 3.15. The Labute approximate surface area is 76.7 Å². The molecule has 3 nitrogen and oxygen atoms in total. The van der Waals surface area contributed by atoms with Crippen LogP contribution in [0, 0.1) is 11.3 Å². The highest BCUT2D eigenvalue weighted by molar-refractivity contribution is 5.35. The average molecular weight is 174 g/mol. The van der Waals surface area contributed by atoms with E-state index >= 15 is 0 Å². The van der Waals surface area contributed by atoms with Crippen LogP contribution in [0.15, 0.2) is 12.3 Å². The molecule has 0 radical (unpaired) electrons. The van der Waals surface area contributed by atoms with Crippen molar-refractivity contribution in [1.29, 1.82) is 5.26 Å². The fourth-order valence-electron chi connectivity index (χ4n) is 1.39. The van der Waals surface area contributed by atoms with Crippen molar-refractivity contribution in [2.45, 2.75) is 25.4 Å². The quantitative estimate of drug-likeness (QED) is 0.735. The predicted molar refractivity (Wildman–Crippen MR) is 46.8 cm³/mol. The number of pyridine rings is 1. The van der Waals surface area contributed by atoms with Crippen LogP contribution in [0.3, 0.4) is 0 Å². The molecular formula is C10H10N2O. The lowest BCUT2D eigenvalue weighted by atomic mass is 10.1. The summed E-state index contributed by atoms with van der Waals surface area (Å²) in [7, 11) is 0. The molecule has 13 heavy (non-hydrogen) atoms. The van der Waals surface area contributed by atoms with E-state index in [9.17, 15) is 0 Å². The second-order valence-corrected chi connectivity index (χ2v) is 3.32. The number of hydrogen-bond acceptors (Lipinski definition) is 3. The van der Waals surface area contributed by atoms with Gasteiger partial charge in [0.15, 0.2) is 0 Å². The van der Waals surface area contributed by atoms with Gasteiger partial charge in [0.2, 0.25) is 0 Å². The topological polar surface area (TPSA) is 56.9 Å². The summed E-state index contributed by atoms with van der Waals surface area (Å²) in [4.78, 5) is 4.01. The normalized spacial score (nSPS) is 15.4. The van der Waals surface area contributed by atoms with Crippen LogP contribution in [0.5, 0.6) is 0 Å². The molecule has 1 aromatic rings. The van der Waals surface area contributed by atoms with E-state index in [1.165, 1.54) is 12.8 Å². The Kier molecular flexibility index (Phi) is 1.99. The molecule has 0 amide bonds. The molecule has 2 rings (SSSR count). The number of nitriles is 1. The molecule has 0 aliphatic heterocycles. The first-order chi connectivity index (χ1) is 6.35. The number of aliphatic hydroxyl groups is 1. The van der Waals surface area contributed by atoms with E-state index in [4.69, 9.17) is 10.4 Å². The van der Waals surface area contributed by atoms with Crippen molar-refractivity contribution < 1.29 is 5.11 Å². The van der Waals surface area contributed by atoms with Gasteiger partial charge < -0.3 is 5.11 Å². The summed E-state index contributed by atoms with van der Waals surface area (Å²) in [5.41, 5.74) is 2.14. The lowest BCUT2D eigenvalue weighted by molar-refractivity contribution is 0.281. The third-order valence-corrected chi connectivity index (χ3v) is 2.31. The lowest BCUT2D eigenvalue weighted by Crippen LogP contribution is -1.95. The zero-order chi connectivity index (χ0) is 9.26. The molecule has 1 fully saturated rings. The number of aromatic nitrogens is 1. The summed E-state index contributed by atoms with van der Waals surface area (Å²) < 4.78 is 0. The van der Waals surface area contributed by atoms with Gasteiger partial charge in [-0.15, -0.1) is 0 Å². The molecule has 1 heterocycles. The fourth-order valence-corrected chi connectivity index (χ4v) is 1.39. The molecule has 1 aliphatic carbocycles. The van der Waals surface area contributed by atoms with Gasteiger partial charge in [0.25, 0.3) is 0 Å². The van der Waals surface area contributed by atoms with Gasteiger partial charge in [0.05, 0.1) is 6.61 Å². The van der Waals surface area contributed by atoms with Crippen LogP contribution in [0.4, 0.5) is 0 Å². The standard InChI is InChI=1S/C10H10N2O/c11-4-10-9(6-13)3-8(5-12-10)7-1-2-7/h3,5,7,13H,1-2,6H2. The number of nitrogens with zero attached hydrogens (tertiary/aromatic N) is 2. The molecule has 1 N–H and O–H groups in total. The van der Waals surface area contributed by atoms with Gasteiger partial charge in [-0.25, -0.2) is 4.98 Å². The van der Waals surface area contributed by atoms with Crippen molar-refractivity contribution in [2.24, 2.45) is 0 Å². The zero-order valence-electron chi connectivity index (χ0n) is 7.20. The molecule has 0 unspecified atom stereocenters. The number of aliphatic hydroxyl groups excluding tert-OH is 1.